The highest BCUT2D eigenvalue weighted by Gasteiger charge is 2.48. The zero-order chi connectivity index (χ0) is 15.5. The maximum Gasteiger partial charge on any atom is 0.314 e. The molecule has 0 amide bonds. The van der Waals surface area contributed by atoms with E-state index in [-0.39, 0.29) is 23.4 Å². The number of carbonyl (C=O) groups excluding carboxylic acids is 1. The van der Waals surface area contributed by atoms with Gasteiger partial charge in [-0.05, 0) is 12.0 Å². The smallest absolute Gasteiger partial charge is 0.314 e. The molecular weight excluding hydrogens is 266 g/mol. The summed E-state index contributed by atoms with van der Waals surface area (Å²) in [5.41, 5.74) is 1.07. The lowest BCUT2D eigenvalue weighted by Gasteiger charge is -2.51. The predicted molar refractivity (Wildman–Crippen MR) is 82.2 cm³/mol. The van der Waals surface area contributed by atoms with Gasteiger partial charge in [0.05, 0.1) is 19.1 Å². The van der Waals surface area contributed by atoms with Crippen LogP contribution in [0.3, 0.4) is 0 Å². The summed E-state index contributed by atoms with van der Waals surface area (Å²) >= 11 is 0. The van der Waals surface area contributed by atoms with Gasteiger partial charge in [-0.2, -0.15) is 0 Å². The third kappa shape index (κ3) is 3.27. The van der Waals surface area contributed by atoms with Gasteiger partial charge in [0.25, 0.3) is 0 Å². The van der Waals surface area contributed by atoms with Crippen LogP contribution in [0.2, 0.25) is 0 Å². The van der Waals surface area contributed by atoms with Crippen molar-refractivity contribution in [2.24, 2.45) is 5.41 Å². The SMILES string of the molecule is COC(=O)C(CNC1CC(OC)C1(C)C)c1ccccc1. The molecule has 0 aliphatic heterocycles. The number of ether oxygens (including phenoxy) is 2. The molecular formula is C17H25NO3. The Labute approximate surface area is 126 Å². The average molecular weight is 291 g/mol. The van der Waals surface area contributed by atoms with Gasteiger partial charge in [0, 0.05) is 25.1 Å². The first-order valence-corrected chi connectivity index (χ1v) is 7.39. The summed E-state index contributed by atoms with van der Waals surface area (Å²) in [6.07, 6.45) is 1.26. The van der Waals surface area contributed by atoms with E-state index < -0.39 is 0 Å². The Morgan fingerprint density at radius 2 is 2.00 bits per heavy atom. The van der Waals surface area contributed by atoms with E-state index in [4.69, 9.17) is 9.47 Å². The largest absolute Gasteiger partial charge is 0.469 e. The first-order chi connectivity index (χ1) is 10.0. The molecule has 1 aromatic rings. The molecule has 4 nitrogen and oxygen atoms in total. The molecule has 3 atom stereocenters. The Morgan fingerprint density at radius 3 is 2.52 bits per heavy atom. The Morgan fingerprint density at radius 1 is 1.33 bits per heavy atom. The highest BCUT2D eigenvalue weighted by Crippen LogP contribution is 2.42. The lowest BCUT2D eigenvalue weighted by molar-refractivity contribution is -0.142. The minimum absolute atomic E-state index is 0.0894. The van der Waals surface area contributed by atoms with E-state index in [0.717, 1.165) is 12.0 Å². The van der Waals surface area contributed by atoms with Gasteiger partial charge in [0.15, 0.2) is 0 Å². The van der Waals surface area contributed by atoms with Gasteiger partial charge in [-0.25, -0.2) is 0 Å². The Bertz CT molecular complexity index is 472. The van der Waals surface area contributed by atoms with Crippen LogP contribution in [0.15, 0.2) is 30.3 Å². The maximum atomic E-state index is 12.0. The Hall–Kier alpha value is -1.39. The molecule has 116 valence electrons. The lowest BCUT2D eigenvalue weighted by Crippen LogP contribution is -2.61. The molecule has 0 bridgehead atoms. The van der Waals surface area contributed by atoms with Crippen LogP contribution in [-0.4, -0.2) is 38.9 Å². The van der Waals surface area contributed by atoms with Crippen molar-refractivity contribution in [3.8, 4) is 0 Å². The van der Waals surface area contributed by atoms with E-state index in [9.17, 15) is 4.79 Å². The van der Waals surface area contributed by atoms with Gasteiger partial charge in [-0.3, -0.25) is 4.79 Å². The summed E-state index contributed by atoms with van der Waals surface area (Å²) in [7, 11) is 3.19. The molecule has 1 aliphatic carbocycles. The zero-order valence-electron chi connectivity index (χ0n) is 13.3. The van der Waals surface area contributed by atoms with E-state index in [1.165, 1.54) is 7.11 Å². The fraction of sp³-hybridized carbons (Fsp3) is 0.588. The zero-order valence-corrected chi connectivity index (χ0v) is 13.3. The van der Waals surface area contributed by atoms with Crippen LogP contribution in [0, 0.1) is 5.41 Å². The van der Waals surface area contributed by atoms with Crippen molar-refractivity contribution in [1.29, 1.82) is 0 Å². The normalized spacial score (nSPS) is 25.0. The van der Waals surface area contributed by atoms with Crippen molar-refractivity contribution in [3.05, 3.63) is 35.9 Å². The van der Waals surface area contributed by atoms with E-state index in [1.54, 1.807) is 7.11 Å². The Kier molecular flexibility index (Phi) is 5.01. The number of benzene rings is 1. The van der Waals surface area contributed by atoms with Gasteiger partial charge >= 0.3 is 5.97 Å². The molecule has 3 unspecified atom stereocenters. The summed E-state index contributed by atoms with van der Waals surface area (Å²) in [6.45, 7) is 4.97. The molecule has 1 saturated carbocycles. The molecule has 2 rings (SSSR count). The second kappa shape index (κ2) is 6.58. The van der Waals surface area contributed by atoms with E-state index in [2.05, 4.69) is 19.2 Å². The average Bonchev–Trinajstić information content (AvgIpc) is 2.50. The van der Waals surface area contributed by atoms with Crippen molar-refractivity contribution in [2.45, 2.75) is 38.3 Å². The molecule has 0 radical (unpaired) electrons. The fourth-order valence-corrected chi connectivity index (χ4v) is 3.06. The molecule has 1 N–H and O–H groups in total. The summed E-state index contributed by atoms with van der Waals surface area (Å²) in [4.78, 5) is 12.0. The van der Waals surface area contributed by atoms with E-state index >= 15 is 0 Å². The van der Waals surface area contributed by atoms with Crippen LogP contribution in [0.1, 0.15) is 31.7 Å². The van der Waals surface area contributed by atoms with E-state index in [1.807, 2.05) is 30.3 Å². The Balaban J connectivity index is 2.00. The monoisotopic (exact) mass is 291 g/mol. The van der Waals surface area contributed by atoms with Crippen molar-refractivity contribution < 1.29 is 14.3 Å². The summed E-state index contributed by atoms with van der Waals surface area (Å²) < 4.78 is 10.4. The third-order valence-electron chi connectivity index (χ3n) is 4.72. The molecule has 1 fully saturated rings. The van der Waals surface area contributed by atoms with Crippen LogP contribution < -0.4 is 5.32 Å². The molecule has 1 aliphatic rings. The van der Waals surface area contributed by atoms with E-state index in [0.29, 0.717) is 12.6 Å². The van der Waals surface area contributed by atoms with Crippen molar-refractivity contribution in [1.82, 2.24) is 5.32 Å². The summed E-state index contributed by atoms with van der Waals surface area (Å²) in [6, 6.07) is 10.1. The quantitative estimate of drug-likeness (QED) is 0.817. The minimum atomic E-state index is -0.270. The number of hydrogen-bond acceptors (Lipinski definition) is 4. The van der Waals surface area contributed by atoms with Gasteiger partial charge in [0.2, 0.25) is 0 Å². The van der Waals surface area contributed by atoms with Gasteiger partial charge < -0.3 is 14.8 Å². The van der Waals surface area contributed by atoms with Crippen molar-refractivity contribution in [3.63, 3.8) is 0 Å². The van der Waals surface area contributed by atoms with Crippen LogP contribution in [0.5, 0.6) is 0 Å². The predicted octanol–water partition coefficient (Wildman–Crippen LogP) is 2.35. The molecule has 4 heteroatoms. The fourth-order valence-electron chi connectivity index (χ4n) is 3.06. The van der Waals surface area contributed by atoms with Crippen LogP contribution in [0.25, 0.3) is 0 Å². The number of methoxy groups -OCH3 is 2. The first kappa shape index (κ1) is 16.0. The number of hydrogen-bond donors (Lipinski definition) is 1. The number of carbonyl (C=O) groups is 1. The lowest BCUT2D eigenvalue weighted by atomic mass is 9.64. The number of rotatable bonds is 6. The third-order valence-corrected chi connectivity index (χ3v) is 4.72. The van der Waals surface area contributed by atoms with Crippen LogP contribution in [0.4, 0.5) is 0 Å². The first-order valence-electron chi connectivity index (χ1n) is 7.39. The van der Waals surface area contributed by atoms with Gasteiger partial charge in [-0.15, -0.1) is 0 Å². The molecule has 0 aromatic heterocycles. The second-order valence-electron chi connectivity index (χ2n) is 6.23. The van der Waals surface area contributed by atoms with Crippen molar-refractivity contribution >= 4 is 5.97 Å². The summed E-state index contributed by atoms with van der Waals surface area (Å²) in [5, 5.41) is 3.51. The number of esters is 1. The minimum Gasteiger partial charge on any atom is -0.469 e. The van der Waals surface area contributed by atoms with Crippen molar-refractivity contribution in [2.75, 3.05) is 20.8 Å². The van der Waals surface area contributed by atoms with Crippen LogP contribution in [-0.2, 0) is 14.3 Å². The maximum absolute atomic E-state index is 12.0. The molecule has 21 heavy (non-hydrogen) atoms. The summed E-state index contributed by atoms with van der Waals surface area (Å²) in [5.74, 6) is -0.470. The highest BCUT2D eigenvalue weighted by molar-refractivity contribution is 5.78. The molecule has 0 spiro atoms. The molecule has 1 aromatic carbocycles. The standard InChI is InChI=1S/C17H25NO3/c1-17(2)14(10-15(17)20-3)18-11-13(16(19)21-4)12-8-6-5-7-9-12/h5-9,13-15,18H,10-11H2,1-4H3. The van der Waals surface area contributed by atoms with Gasteiger partial charge in [0.1, 0.15) is 0 Å². The van der Waals surface area contributed by atoms with Gasteiger partial charge in [-0.1, -0.05) is 44.2 Å². The topological polar surface area (TPSA) is 47.6 Å². The molecule has 0 heterocycles. The molecule has 0 saturated heterocycles. The van der Waals surface area contributed by atoms with Crippen LogP contribution >= 0.6 is 0 Å². The second-order valence-corrected chi connectivity index (χ2v) is 6.23. The highest BCUT2D eigenvalue weighted by atomic mass is 16.5. The number of nitrogens with one attached hydrogen (secondary N) is 1.